The molecule has 0 fully saturated rings. The maximum atomic E-state index is 12.1. The zero-order valence-corrected chi connectivity index (χ0v) is 16.2. The maximum absolute atomic E-state index is 12.1. The number of nitrogens with zero attached hydrogens (tertiary/aromatic N) is 2. The van der Waals surface area contributed by atoms with Crippen molar-refractivity contribution >= 4 is 22.5 Å². The highest BCUT2D eigenvalue weighted by Gasteiger charge is 2.08. The number of aromatic nitrogens is 2. The highest BCUT2D eigenvalue weighted by molar-refractivity contribution is 7.14. The minimum absolute atomic E-state index is 0.316. The van der Waals surface area contributed by atoms with Gasteiger partial charge in [-0.15, -0.1) is 11.3 Å². The molecule has 0 bridgehead atoms. The lowest BCUT2D eigenvalue weighted by molar-refractivity contribution is 0.251. The van der Waals surface area contributed by atoms with Crippen molar-refractivity contribution in [3.8, 4) is 22.9 Å². The minimum Gasteiger partial charge on any atom is -0.439 e. The summed E-state index contributed by atoms with van der Waals surface area (Å²) in [6.45, 7) is 0.349. The quantitative estimate of drug-likeness (QED) is 0.458. The number of benzene rings is 2. The van der Waals surface area contributed by atoms with Crippen LogP contribution in [-0.4, -0.2) is 16.0 Å². The Morgan fingerprint density at radius 3 is 2.45 bits per heavy atom. The summed E-state index contributed by atoms with van der Waals surface area (Å²) < 4.78 is 5.66. The zero-order chi connectivity index (χ0) is 19.9. The predicted octanol–water partition coefficient (Wildman–Crippen LogP) is 5.32. The van der Waals surface area contributed by atoms with E-state index >= 15 is 0 Å². The molecule has 0 radical (unpaired) electrons. The van der Waals surface area contributed by atoms with E-state index < -0.39 is 0 Å². The van der Waals surface area contributed by atoms with E-state index in [2.05, 4.69) is 20.6 Å². The van der Waals surface area contributed by atoms with Crippen LogP contribution in [0.25, 0.3) is 11.3 Å². The Kier molecular flexibility index (Phi) is 5.78. The van der Waals surface area contributed by atoms with E-state index in [1.807, 2.05) is 72.1 Å². The van der Waals surface area contributed by atoms with Crippen molar-refractivity contribution in [1.82, 2.24) is 15.3 Å². The summed E-state index contributed by atoms with van der Waals surface area (Å²) in [5, 5.41) is 8.02. The Bertz CT molecular complexity index is 1070. The molecule has 0 saturated carbocycles. The molecular weight excluding hydrogens is 384 g/mol. The van der Waals surface area contributed by atoms with Gasteiger partial charge in [-0.25, -0.2) is 14.8 Å². The Morgan fingerprint density at radius 1 is 0.966 bits per heavy atom. The van der Waals surface area contributed by atoms with Crippen LogP contribution >= 0.6 is 11.3 Å². The van der Waals surface area contributed by atoms with Crippen molar-refractivity contribution < 1.29 is 9.53 Å². The number of para-hydroxylation sites is 1. The number of anilines is 1. The minimum atomic E-state index is -0.316. The van der Waals surface area contributed by atoms with Gasteiger partial charge in [0.05, 0.1) is 5.69 Å². The van der Waals surface area contributed by atoms with E-state index in [1.165, 1.54) is 11.3 Å². The summed E-state index contributed by atoms with van der Waals surface area (Å²) in [6.07, 6.45) is 1.68. The topological polar surface area (TPSA) is 76.1 Å². The van der Waals surface area contributed by atoms with Crippen LogP contribution in [0.1, 0.15) is 5.56 Å². The molecule has 6 nitrogen and oxygen atoms in total. The average Bonchev–Trinajstić information content (AvgIpc) is 3.23. The normalized spacial score (nSPS) is 10.3. The highest BCUT2D eigenvalue weighted by Crippen LogP contribution is 2.24. The second kappa shape index (κ2) is 8.99. The van der Waals surface area contributed by atoms with Crippen LogP contribution < -0.4 is 15.4 Å². The van der Waals surface area contributed by atoms with Crippen molar-refractivity contribution in [3.63, 3.8) is 0 Å². The number of hydrogen-bond donors (Lipinski definition) is 2. The van der Waals surface area contributed by atoms with Crippen LogP contribution in [0.3, 0.4) is 0 Å². The lowest BCUT2D eigenvalue weighted by Gasteiger charge is -2.07. The van der Waals surface area contributed by atoms with Gasteiger partial charge in [0.25, 0.3) is 0 Å². The second-order valence-electron chi connectivity index (χ2n) is 6.13. The molecule has 2 aromatic carbocycles. The highest BCUT2D eigenvalue weighted by atomic mass is 32.1. The first-order valence-electron chi connectivity index (χ1n) is 9.00. The Morgan fingerprint density at radius 2 is 1.72 bits per heavy atom. The first kappa shape index (κ1) is 18.6. The van der Waals surface area contributed by atoms with Crippen molar-refractivity contribution in [2.75, 3.05) is 5.32 Å². The fourth-order valence-electron chi connectivity index (χ4n) is 2.58. The molecule has 29 heavy (non-hydrogen) atoms. The molecule has 0 aliphatic rings. The first-order valence-corrected chi connectivity index (χ1v) is 9.88. The number of urea groups is 1. The summed E-state index contributed by atoms with van der Waals surface area (Å²) in [6, 6.07) is 22.6. The van der Waals surface area contributed by atoms with E-state index in [-0.39, 0.29) is 6.03 Å². The molecule has 0 saturated heterocycles. The lowest BCUT2D eigenvalue weighted by Crippen LogP contribution is -2.28. The number of carbonyl (C=O) groups is 1. The first-order chi connectivity index (χ1) is 14.3. The Balaban J connectivity index is 1.28. The summed E-state index contributed by atoms with van der Waals surface area (Å²) in [5.41, 5.74) is 2.72. The zero-order valence-electron chi connectivity index (χ0n) is 15.4. The maximum Gasteiger partial charge on any atom is 0.321 e. The van der Waals surface area contributed by atoms with Crippen molar-refractivity contribution in [2.24, 2.45) is 0 Å². The van der Waals surface area contributed by atoms with Gasteiger partial charge >= 0.3 is 6.03 Å². The van der Waals surface area contributed by atoms with E-state index in [0.717, 1.165) is 22.6 Å². The van der Waals surface area contributed by atoms with E-state index in [1.54, 1.807) is 12.3 Å². The van der Waals surface area contributed by atoms with Crippen molar-refractivity contribution in [2.45, 2.75) is 6.54 Å². The summed E-state index contributed by atoms with van der Waals surface area (Å²) >= 11 is 1.39. The Hall–Kier alpha value is -3.71. The number of rotatable bonds is 6. The monoisotopic (exact) mass is 402 g/mol. The Labute approximate surface area is 172 Å². The average molecular weight is 402 g/mol. The third-order valence-electron chi connectivity index (χ3n) is 4.01. The molecule has 7 heteroatoms. The molecule has 4 rings (SSSR count). The number of hydrogen-bond acceptors (Lipinski definition) is 5. The van der Waals surface area contributed by atoms with Crippen LogP contribution in [0.2, 0.25) is 0 Å². The molecule has 144 valence electrons. The standard InChI is InChI=1S/C22H18N4O2S/c27-21(26-22-25-19(15-29-22)17-7-3-1-4-8-17)24-14-16-11-12-20(23-13-16)28-18-9-5-2-6-10-18/h1-13,15H,14H2,(H2,24,25,26,27). The van der Waals surface area contributed by atoms with Gasteiger partial charge in [-0.2, -0.15) is 0 Å². The number of nitrogens with one attached hydrogen (secondary N) is 2. The molecule has 2 heterocycles. The van der Waals surface area contributed by atoms with Crippen LogP contribution in [0.15, 0.2) is 84.4 Å². The lowest BCUT2D eigenvalue weighted by atomic mass is 10.2. The summed E-state index contributed by atoms with van der Waals surface area (Å²) in [5.74, 6) is 1.23. The van der Waals surface area contributed by atoms with Crippen LogP contribution in [-0.2, 0) is 6.54 Å². The molecular formula is C22H18N4O2S. The molecule has 0 atom stereocenters. The third-order valence-corrected chi connectivity index (χ3v) is 4.77. The van der Waals surface area contributed by atoms with Crippen LogP contribution in [0.5, 0.6) is 11.6 Å². The summed E-state index contributed by atoms with van der Waals surface area (Å²) in [7, 11) is 0. The van der Waals surface area contributed by atoms with Gasteiger partial charge in [0.1, 0.15) is 5.75 Å². The van der Waals surface area contributed by atoms with E-state index in [4.69, 9.17) is 4.74 Å². The molecule has 2 aromatic heterocycles. The SMILES string of the molecule is O=C(NCc1ccc(Oc2ccccc2)nc1)Nc1nc(-c2ccccc2)cs1. The fourth-order valence-corrected chi connectivity index (χ4v) is 3.30. The number of carbonyl (C=O) groups excluding carboxylic acids is 1. The van der Waals surface area contributed by atoms with Crippen LogP contribution in [0, 0.1) is 0 Å². The molecule has 4 aromatic rings. The number of ether oxygens (including phenoxy) is 1. The number of amides is 2. The van der Waals surface area contributed by atoms with Gasteiger partial charge in [-0.3, -0.25) is 5.32 Å². The predicted molar refractivity (Wildman–Crippen MR) is 114 cm³/mol. The smallest absolute Gasteiger partial charge is 0.321 e. The largest absolute Gasteiger partial charge is 0.439 e. The van der Waals surface area contributed by atoms with Crippen molar-refractivity contribution in [1.29, 1.82) is 0 Å². The molecule has 2 amide bonds. The second-order valence-corrected chi connectivity index (χ2v) is 6.99. The van der Waals surface area contributed by atoms with Gasteiger partial charge in [-0.05, 0) is 17.7 Å². The summed E-state index contributed by atoms with van der Waals surface area (Å²) in [4.78, 5) is 20.9. The van der Waals surface area contributed by atoms with Gasteiger partial charge in [0.2, 0.25) is 5.88 Å². The van der Waals surface area contributed by atoms with Gasteiger partial charge in [-0.1, -0.05) is 54.6 Å². The molecule has 0 aliphatic heterocycles. The van der Waals surface area contributed by atoms with Crippen molar-refractivity contribution in [3.05, 3.63) is 89.9 Å². The van der Waals surface area contributed by atoms with Gasteiger partial charge < -0.3 is 10.1 Å². The van der Waals surface area contributed by atoms with E-state index in [0.29, 0.717) is 17.6 Å². The van der Waals surface area contributed by atoms with Gasteiger partial charge in [0.15, 0.2) is 5.13 Å². The molecule has 0 spiro atoms. The molecule has 0 unspecified atom stereocenters. The molecule has 0 aliphatic carbocycles. The third kappa shape index (κ3) is 5.18. The number of pyridine rings is 1. The molecule has 2 N–H and O–H groups in total. The van der Waals surface area contributed by atoms with Crippen LogP contribution in [0.4, 0.5) is 9.93 Å². The number of thiazole rings is 1. The van der Waals surface area contributed by atoms with Gasteiger partial charge in [0, 0.05) is 29.8 Å². The fraction of sp³-hybridized carbons (Fsp3) is 0.0455. The van der Waals surface area contributed by atoms with E-state index in [9.17, 15) is 4.79 Å².